The number of benzene rings is 1. The van der Waals surface area contributed by atoms with Crippen LogP contribution in [0, 0.1) is 13.8 Å². The fourth-order valence-corrected chi connectivity index (χ4v) is 1.60. The zero-order valence-corrected chi connectivity index (χ0v) is 10.7. The molecule has 0 bridgehead atoms. The molecule has 4 heteroatoms. The lowest BCUT2D eigenvalue weighted by Gasteiger charge is -2.11. The summed E-state index contributed by atoms with van der Waals surface area (Å²) in [5.41, 5.74) is 8.56. The zero-order valence-electron chi connectivity index (χ0n) is 10.7. The Morgan fingerprint density at radius 3 is 2.50 bits per heavy atom. The molecule has 2 aromatic rings. The first-order chi connectivity index (χ1) is 8.60. The Bertz CT molecular complexity index is 568. The minimum Gasteiger partial charge on any atom is -0.481 e. The van der Waals surface area contributed by atoms with Gasteiger partial charge in [-0.3, -0.25) is 0 Å². The Morgan fingerprint density at radius 1 is 1.06 bits per heavy atom. The van der Waals surface area contributed by atoms with Crippen molar-refractivity contribution < 1.29 is 9.47 Å². The summed E-state index contributed by atoms with van der Waals surface area (Å²) in [7, 11) is 1.57. The van der Waals surface area contributed by atoms with Gasteiger partial charge in [-0.25, -0.2) is 0 Å². The molecule has 0 unspecified atom stereocenters. The van der Waals surface area contributed by atoms with Crippen LogP contribution in [-0.4, -0.2) is 12.1 Å². The molecule has 4 nitrogen and oxygen atoms in total. The maximum Gasteiger partial charge on any atom is 0.222 e. The Morgan fingerprint density at radius 2 is 1.78 bits per heavy atom. The van der Waals surface area contributed by atoms with Crippen LogP contribution in [0.5, 0.6) is 17.5 Å². The van der Waals surface area contributed by atoms with E-state index in [1.54, 1.807) is 19.2 Å². The van der Waals surface area contributed by atoms with Gasteiger partial charge < -0.3 is 15.2 Å². The second-order valence-electron chi connectivity index (χ2n) is 4.09. The second kappa shape index (κ2) is 4.96. The van der Waals surface area contributed by atoms with E-state index in [0.717, 1.165) is 22.6 Å². The van der Waals surface area contributed by atoms with Crippen LogP contribution < -0.4 is 15.2 Å². The first-order valence-electron chi connectivity index (χ1n) is 5.66. The van der Waals surface area contributed by atoms with E-state index in [0.29, 0.717) is 11.8 Å². The molecule has 0 amide bonds. The van der Waals surface area contributed by atoms with Crippen LogP contribution in [0.1, 0.15) is 11.1 Å². The first-order valence-corrected chi connectivity index (χ1v) is 5.66. The summed E-state index contributed by atoms with van der Waals surface area (Å²) in [6.07, 6.45) is 0. The maximum absolute atomic E-state index is 5.84. The number of aromatic nitrogens is 1. The minimum absolute atomic E-state index is 0.502. The predicted octanol–water partition coefficient (Wildman–Crippen LogP) is 3.08. The van der Waals surface area contributed by atoms with E-state index in [9.17, 15) is 0 Å². The fraction of sp³-hybridized carbons (Fsp3) is 0.214. The standard InChI is InChI=1S/C14H16N2O2/c1-9-8-12(10(2)7-11(9)15)18-14-6-4-5-13(16-14)17-3/h4-8H,15H2,1-3H3. The molecule has 0 aliphatic carbocycles. The predicted molar refractivity (Wildman–Crippen MR) is 71.2 cm³/mol. The van der Waals surface area contributed by atoms with Crippen molar-refractivity contribution in [2.45, 2.75) is 13.8 Å². The highest BCUT2D eigenvalue weighted by Gasteiger charge is 2.06. The molecule has 0 radical (unpaired) electrons. The summed E-state index contributed by atoms with van der Waals surface area (Å²) in [5, 5.41) is 0. The number of ether oxygens (including phenoxy) is 2. The third kappa shape index (κ3) is 2.53. The lowest BCUT2D eigenvalue weighted by molar-refractivity contribution is 0.383. The molecule has 0 atom stereocenters. The number of nitrogen functional groups attached to an aromatic ring is 1. The number of anilines is 1. The lowest BCUT2D eigenvalue weighted by atomic mass is 10.1. The number of pyridine rings is 1. The van der Waals surface area contributed by atoms with Gasteiger partial charge >= 0.3 is 0 Å². The number of nitrogens with two attached hydrogens (primary N) is 1. The lowest BCUT2D eigenvalue weighted by Crippen LogP contribution is -1.96. The van der Waals surface area contributed by atoms with Gasteiger partial charge in [0.1, 0.15) is 5.75 Å². The minimum atomic E-state index is 0.502. The van der Waals surface area contributed by atoms with Crippen LogP contribution in [0.2, 0.25) is 0 Å². The first kappa shape index (κ1) is 12.2. The van der Waals surface area contributed by atoms with Gasteiger partial charge in [0.05, 0.1) is 7.11 Å². The van der Waals surface area contributed by atoms with Gasteiger partial charge in [-0.15, -0.1) is 0 Å². The summed E-state index contributed by atoms with van der Waals surface area (Å²) in [4.78, 5) is 4.20. The molecule has 0 spiro atoms. The van der Waals surface area contributed by atoms with E-state index >= 15 is 0 Å². The van der Waals surface area contributed by atoms with Crippen molar-refractivity contribution in [1.29, 1.82) is 0 Å². The van der Waals surface area contributed by atoms with Crippen molar-refractivity contribution in [3.8, 4) is 17.5 Å². The second-order valence-corrected chi connectivity index (χ2v) is 4.09. The fourth-order valence-electron chi connectivity index (χ4n) is 1.60. The number of nitrogens with zero attached hydrogens (tertiary/aromatic N) is 1. The van der Waals surface area contributed by atoms with Crippen LogP contribution in [0.25, 0.3) is 0 Å². The normalized spacial score (nSPS) is 10.2. The average Bonchev–Trinajstić information content (AvgIpc) is 2.36. The van der Waals surface area contributed by atoms with E-state index in [2.05, 4.69) is 4.98 Å². The molecule has 0 saturated carbocycles. The third-order valence-corrected chi connectivity index (χ3v) is 2.69. The number of aryl methyl sites for hydroxylation is 2. The van der Waals surface area contributed by atoms with Crippen molar-refractivity contribution in [3.63, 3.8) is 0 Å². The van der Waals surface area contributed by atoms with Gasteiger partial charge in [0.2, 0.25) is 11.8 Å². The number of hydrogen-bond donors (Lipinski definition) is 1. The molecule has 0 fully saturated rings. The zero-order chi connectivity index (χ0) is 13.1. The summed E-state index contributed by atoms with van der Waals surface area (Å²) in [6, 6.07) is 9.19. The molecule has 1 aromatic heterocycles. The van der Waals surface area contributed by atoms with Crippen molar-refractivity contribution in [2.24, 2.45) is 0 Å². The monoisotopic (exact) mass is 244 g/mol. The number of hydrogen-bond acceptors (Lipinski definition) is 4. The van der Waals surface area contributed by atoms with Gasteiger partial charge in [0.25, 0.3) is 0 Å². The van der Waals surface area contributed by atoms with Crippen molar-refractivity contribution in [3.05, 3.63) is 41.5 Å². The molecular weight excluding hydrogens is 228 g/mol. The molecule has 1 aromatic carbocycles. The van der Waals surface area contributed by atoms with Crippen LogP contribution in [0.4, 0.5) is 5.69 Å². The highest BCUT2D eigenvalue weighted by Crippen LogP contribution is 2.28. The van der Waals surface area contributed by atoms with Gasteiger partial charge in [0.15, 0.2) is 0 Å². The summed E-state index contributed by atoms with van der Waals surface area (Å²) in [6.45, 7) is 3.89. The Balaban J connectivity index is 2.30. The van der Waals surface area contributed by atoms with Crippen molar-refractivity contribution in [1.82, 2.24) is 4.98 Å². The van der Waals surface area contributed by atoms with Crippen molar-refractivity contribution in [2.75, 3.05) is 12.8 Å². The van der Waals surface area contributed by atoms with Crippen LogP contribution >= 0.6 is 0 Å². The molecule has 0 saturated heterocycles. The number of methoxy groups -OCH3 is 1. The third-order valence-electron chi connectivity index (χ3n) is 2.69. The topological polar surface area (TPSA) is 57.4 Å². The average molecular weight is 244 g/mol. The molecule has 2 rings (SSSR count). The van der Waals surface area contributed by atoms with Gasteiger partial charge in [-0.2, -0.15) is 4.98 Å². The molecular formula is C14H16N2O2. The Hall–Kier alpha value is -2.23. The molecule has 0 aliphatic rings. The van der Waals surface area contributed by atoms with E-state index in [4.69, 9.17) is 15.2 Å². The van der Waals surface area contributed by atoms with Crippen LogP contribution in [-0.2, 0) is 0 Å². The molecule has 1 heterocycles. The Kier molecular flexibility index (Phi) is 3.37. The quantitative estimate of drug-likeness (QED) is 0.843. The van der Waals surface area contributed by atoms with E-state index in [1.165, 1.54) is 0 Å². The SMILES string of the molecule is COc1cccc(Oc2cc(C)c(N)cc2C)n1. The van der Waals surface area contributed by atoms with E-state index in [-0.39, 0.29) is 0 Å². The molecule has 18 heavy (non-hydrogen) atoms. The summed E-state index contributed by atoms with van der Waals surface area (Å²) in [5.74, 6) is 1.78. The summed E-state index contributed by atoms with van der Waals surface area (Å²) < 4.78 is 10.8. The van der Waals surface area contributed by atoms with Gasteiger partial charge in [-0.1, -0.05) is 6.07 Å². The smallest absolute Gasteiger partial charge is 0.222 e. The molecule has 0 aliphatic heterocycles. The van der Waals surface area contributed by atoms with Crippen LogP contribution in [0.3, 0.4) is 0 Å². The van der Waals surface area contributed by atoms with E-state index in [1.807, 2.05) is 32.0 Å². The van der Waals surface area contributed by atoms with E-state index < -0.39 is 0 Å². The highest BCUT2D eigenvalue weighted by molar-refractivity contribution is 5.54. The molecule has 2 N–H and O–H groups in total. The number of rotatable bonds is 3. The maximum atomic E-state index is 5.84. The highest BCUT2D eigenvalue weighted by atomic mass is 16.5. The van der Waals surface area contributed by atoms with Crippen molar-refractivity contribution >= 4 is 5.69 Å². The molecule has 94 valence electrons. The Labute approximate surface area is 106 Å². The summed E-state index contributed by atoms with van der Waals surface area (Å²) >= 11 is 0. The van der Waals surface area contributed by atoms with Crippen LogP contribution in [0.15, 0.2) is 30.3 Å². The van der Waals surface area contributed by atoms with Gasteiger partial charge in [0, 0.05) is 17.8 Å². The van der Waals surface area contributed by atoms with Gasteiger partial charge in [-0.05, 0) is 37.1 Å². The largest absolute Gasteiger partial charge is 0.481 e.